The van der Waals surface area contributed by atoms with Crippen molar-refractivity contribution in [3.05, 3.63) is 29.8 Å². The number of esters is 1. The van der Waals surface area contributed by atoms with E-state index in [-0.39, 0.29) is 25.3 Å². The summed E-state index contributed by atoms with van der Waals surface area (Å²) in [7, 11) is 0. The Morgan fingerprint density at radius 1 is 1.33 bits per heavy atom. The number of hydrogen-bond acceptors (Lipinski definition) is 5. The van der Waals surface area contributed by atoms with Crippen molar-refractivity contribution in [2.45, 2.75) is 57.1 Å². The minimum atomic E-state index is -1.02. The zero-order valence-electron chi connectivity index (χ0n) is 15.8. The molecule has 2 aliphatic rings. The van der Waals surface area contributed by atoms with Gasteiger partial charge in [-0.1, -0.05) is 18.2 Å². The third kappa shape index (κ3) is 3.86. The molecule has 1 spiro atoms. The number of carbonyl (C=O) groups excluding carboxylic acids is 2. The first-order chi connectivity index (χ1) is 12.6. The van der Waals surface area contributed by atoms with Crippen LogP contribution < -0.4 is 0 Å². The van der Waals surface area contributed by atoms with E-state index in [1.807, 2.05) is 24.3 Å². The van der Waals surface area contributed by atoms with Crippen molar-refractivity contribution in [2.24, 2.45) is 4.99 Å². The lowest BCUT2D eigenvalue weighted by Crippen LogP contribution is -2.57. The predicted molar refractivity (Wildman–Crippen MR) is 99.1 cm³/mol. The molecule has 1 aromatic carbocycles. The predicted octanol–water partition coefficient (Wildman–Crippen LogP) is 2.45. The fourth-order valence-corrected chi connectivity index (χ4v) is 3.72. The molecule has 2 atom stereocenters. The summed E-state index contributed by atoms with van der Waals surface area (Å²) in [5.74, 6) is -1.79. The fourth-order valence-electron chi connectivity index (χ4n) is 3.72. The number of benzene rings is 1. The molecule has 7 heteroatoms. The molecule has 3 rings (SSSR count). The Kier molecular flexibility index (Phi) is 4.80. The number of ether oxygens (including phenoxy) is 1. The summed E-state index contributed by atoms with van der Waals surface area (Å²) < 4.78 is 5.53. The topological polar surface area (TPSA) is 96.3 Å². The summed E-state index contributed by atoms with van der Waals surface area (Å²) in [4.78, 5) is 42.6. The molecular weight excluding hydrogens is 348 g/mol. The van der Waals surface area contributed by atoms with E-state index in [0.29, 0.717) is 6.42 Å². The van der Waals surface area contributed by atoms with Crippen molar-refractivity contribution >= 4 is 29.7 Å². The number of carbonyl (C=O) groups is 3. The van der Waals surface area contributed by atoms with Gasteiger partial charge in [-0.2, -0.15) is 0 Å². The van der Waals surface area contributed by atoms with E-state index in [1.165, 1.54) is 4.90 Å². The molecule has 1 aromatic rings. The fraction of sp³-hybridized carbons (Fsp3) is 0.500. The smallest absolute Gasteiger partial charge is 0.329 e. The summed E-state index contributed by atoms with van der Waals surface area (Å²) >= 11 is 0. The molecule has 0 unspecified atom stereocenters. The number of amides is 1. The zero-order valence-corrected chi connectivity index (χ0v) is 15.8. The van der Waals surface area contributed by atoms with Crippen LogP contribution >= 0.6 is 0 Å². The lowest BCUT2D eigenvalue weighted by atomic mass is 9.71. The van der Waals surface area contributed by atoms with E-state index < -0.39 is 29.0 Å². The lowest BCUT2D eigenvalue weighted by Gasteiger charge is -2.43. The van der Waals surface area contributed by atoms with Crippen LogP contribution in [0.3, 0.4) is 0 Å². The van der Waals surface area contributed by atoms with Gasteiger partial charge in [-0.3, -0.25) is 14.6 Å². The Labute approximate surface area is 158 Å². The van der Waals surface area contributed by atoms with Gasteiger partial charge in [0.05, 0.1) is 12.1 Å². The molecule has 144 valence electrons. The second-order valence-corrected chi connectivity index (χ2v) is 8.09. The van der Waals surface area contributed by atoms with Crippen LogP contribution in [0.4, 0.5) is 5.69 Å². The number of hydrogen-bond donors (Lipinski definition) is 1. The van der Waals surface area contributed by atoms with E-state index in [4.69, 9.17) is 9.84 Å². The number of carboxylic acid groups (broad SMARTS) is 1. The number of piperidine rings is 1. The van der Waals surface area contributed by atoms with E-state index in [1.54, 1.807) is 27.0 Å². The molecule has 0 bridgehead atoms. The van der Waals surface area contributed by atoms with Crippen molar-refractivity contribution in [1.82, 2.24) is 4.90 Å². The van der Waals surface area contributed by atoms with Crippen molar-refractivity contribution in [3.63, 3.8) is 0 Å². The third-order valence-electron chi connectivity index (χ3n) is 4.86. The average Bonchev–Trinajstić information content (AvgIpc) is 2.90. The first-order valence-electron chi connectivity index (χ1n) is 9.00. The minimum Gasteiger partial charge on any atom is -0.481 e. The molecule has 1 saturated heterocycles. The quantitative estimate of drug-likeness (QED) is 0.819. The molecule has 1 amide bonds. The Morgan fingerprint density at radius 3 is 2.70 bits per heavy atom. The van der Waals surface area contributed by atoms with Crippen LogP contribution in [0.25, 0.3) is 0 Å². The molecule has 0 aliphatic carbocycles. The highest BCUT2D eigenvalue weighted by atomic mass is 16.6. The average molecular weight is 372 g/mol. The number of aliphatic imine (C=N–C) groups is 1. The molecular formula is C20H24N2O5. The molecule has 1 N–H and O–H groups in total. The largest absolute Gasteiger partial charge is 0.481 e. The molecule has 7 nitrogen and oxygen atoms in total. The van der Waals surface area contributed by atoms with Crippen molar-refractivity contribution < 1.29 is 24.2 Å². The van der Waals surface area contributed by atoms with Gasteiger partial charge in [0.15, 0.2) is 0 Å². The van der Waals surface area contributed by atoms with Crippen LogP contribution in [0.5, 0.6) is 0 Å². The monoisotopic (exact) mass is 372 g/mol. The van der Waals surface area contributed by atoms with E-state index >= 15 is 0 Å². The number of carboxylic acids is 1. The van der Waals surface area contributed by atoms with Gasteiger partial charge in [0, 0.05) is 24.6 Å². The number of fused-ring (bicyclic) bond motifs is 2. The third-order valence-corrected chi connectivity index (χ3v) is 4.86. The second kappa shape index (κ2) is 6.79. The normalized spacial score (nSPS) is 24.2. The number of nitrogens with zero attached hydrogens (tertiary/aromatic N) is 2. The van der Waals surface area contributed by atoms with E-state index in [9.17, 15) is 14.4 Å². The van der Waals surface area contributed by atoms with Gasteiger partial charge in [0.2, 0.25) is 5.91 Å². The molecule has 2 heterocycles. The highest BCUT2D eigenvalue weighted by Crippen LogP contribution is 2.45. The maximum absolute atomic E-state index is 12.9. The second-order valence-electron chi connectivity index (χ2n) is 8.09. The number of para-hydroxylation sites is 1. The summed E-state index contributed by atoms with van der Waals surface area (Å²) in [6, 6.07) is 6.73. The summed E-state index contributed by atoms with van der Waals surface area (Å²) in [6.07, 6.45) is 2.02. The van der Waals surface area contributed by atoms with Crippen LogP contribution in [0.15, 0.2) is 29.3 Å². The van der Waals surface area contributed by atoms with Crippen LogP contribution in [0.2, 0.25) is 0 Å². The molecule has 0 aromatic heterocycles. The minimum absolute atomic E-state index is 0.0209. The van der Waals surface area contributed by atoms with Crippen LogP contribution in [-0.2, 0) is 24.5 Å². The van der Waals surface area contributed by atoms with Gasteiger partial charge in [0.25, 0.3) is 0 Å². The zero-order chi connectivity index (χ0) is 19.8. The highest BCUT2D eigenvalue weighted by Gasteiger charge is 2.50. The molecule has 1 fully saturated rings. The lowest BCUT2D eigenvalue weighted by molar-refractivity contribution is -0.168. The SMILES string of the molecule is CC(C)(C)OC(=O)[C@H]1C[C@@]2(C=Nc3ccccc32)CC(=O)N1CCC(=O)O. The van der Waals surface area contributed by atoms with Gasteiger partial charge in [-0.15, -0.1) is 0 Å². The Morgan fingerprint density at radius 2 is 2.04 bits per heavy atom. The Hall–Kier alpha value is -2.70. The molecule has 0 saturated carbocycles. The molecule has 0 radical (unpaired) electrons. The van der Waals surface area contributed by atoms with Gasteiger partial charge < -0.3 is 14.7 Å². The summed E-state index contributed by atoms with van der Waals surface area (Å²) in [5, 5.41) is 9.00. The first-order valence-corrected chi connectivity index (χ1v) is 9.00. The summed E-state index contributed by atoms with van der Waals surface area (Å²) in [5.41, 5.74) is 0.358. The van der Waals surface area contributed by atoms with Crippen LogP contribution in [0, 0.1) is 0 Å². The molecule has 27 heavy (non-hydrogen) atoms. The number of aliphatic carboxylic acids is 1. The Balaban J connectivity index is 1.94. The maximum Gasteiger partial charge on any atom is 0.329 e. The number of likely N-dealkylation sites (tertiary alicyclic amines) is 1. The van der Waals surface area contributed by atoms with Crippen LogP contribution in [0.1, 0.15) is 45.6 Å². The van der Waals surface area contributed by atoms with Crippen molar-refractivity contribution in [2.75, 3.05) is 6.54 Å². The van der Waals surface area contributed by atoms with Crippen molar-refractivity contribution in [1.29, 1.82) is 0 Å². The van der Waals surface area contributed by atoms with Crippen molar-refractivity contribution in [3.8, 4) is 0 Å². The van der Waals surface area contributed by atoms with Gasteiger partial charge in [0.1, 0.15) is 11.6 Å². The highest BCUT2D eigenvalue weighted by molar-refractivity contribution is 5.96. The van der Waals surface area contributed by atoms with Gasteiger partial charge >= 0.3 is 11.9 Å². The Bertz CT molecular complexity index is 811. The van der Waals surface area contributed by atoms with Gasteiger partial charge in [-0.25, -0.2) is 4.79 Å². The standard InChI is InChI=1S/C20H24N2O5/c1-19(2,3)27-18(26)15-10-20(11-16(23)22(15)9-8-17(24)25)12-21-14-7-5-4-6-13(14)20/h4-7,12,15H,8-11H2,1-3H3,(H,24,25)/t15-,20+/m1/s1. The van der Waals surface area contributed by atoms with E-state index in [2.05, 4.69) is 4.99 Å². The maximum atomic E-state index is 12.9. The molecule has 2 aliphatic heterocycles. The summed E-state index contributed by atoms with van der Waals surface area (Å²) in [6.45, 7) is 5.27. The van der Waals surface area contributed by atoms with E-state index in [0.717, 1.165) is 11.3 Å². The number of rotatable bonds is 4. The van der Waals surface area contributed by atoms with Gasteiger partial charge in [-0.05, 0) is 38.8 Å². The first kappa shape index (κ1) is 19.1. The van der Waals surface area contributed by atoms with Crippen LogP contribution in [-0.4, -0.2) is 52.3 Å².